The van der Waals surface area contributed by atoms with Crippen LogP contribution in [0.1, 0.15) is 18.9 Å². The highest BCUT2D eigenvalue weighted by Gasteiger charge is 2.09. The Morgan fingerprint density at radius 1 is 1.28 bits per heavy atom. The number of carbonyl (C=O) groups is 1. The largest absolute Gasteiger partial charge is 0.326 e. The van der Waals surface area contributed by atoms with Crippen molar-refractivity contribution in [1.82, 2.24) is 14.9 Å². The number of thiophene rings is 1. The Bertz CT molecular complexity index is 932. The predicted octanol–water partition coefficient (Wildman–Crippen LogP) is 2.60. The van der Waals surface area contributed by atoms with Crippen LogP contribution in [0.15, 0.2) is 46.8 Å². The monoisotopic (exact) mass is 356 g/mol. The Kier molecular flexibility index (Phi) is 5.57. The molecule has 0 bridgehead atoms. The minimum atomic E-state index is -0.124. The Labute approximate surface area is 149 Å². The molecule has 0 spiro atoms. The molecule has 0 aliphatic heterocycles. The summed E-state index contributed by atoms with van der Waals surface area (Å²) in [5, 5.41) is 8.63. The van der Waals surface area contributed by atoms with Gasteiger partial charge in [-0.3, -0.25) is 14.2 Å². The third kappa shape index (κ3) is 4.12. The molecule has 6 nitrogen and oxygen atoms in total. The number of aromatic nitrogens is 2. The van der Waals surface area contributed by atoms with Crippen LogP contribution >= 0.6 is 11.3 Å². The van der Waals surface area contributed by atoms with Gasteiger partial charge in [-0.25, -0.2) is 4.98 Å². The average Bonchev–Trinajstić information content (AvgIpc) is 3.10. The molecule has 0 saturated heterocycles. The number of aryl methyl sites for hydroxylation is 1. The maximum absolute atomic E-state index is 12.3. The summed E-state index contributed by atoms with van der Waals surface area (Å²) in [6.45, 7) is 3.91. The molecule has 0 atom stereocenters. The van der Waals surface area contributed by atoms with Gasteiger partial charge >= 0.3 is 0 Å². The van der Waals surface area contributed by atoms with E-state index in [0.717, 1.165) is 22.6 Å². The van der Waals surface area contributed by atoms with Gasteiger partial charge in [-0.1, -0.05) is 25.1 Å². The van der Waals surface area contributed by atoms with E-state index in [4.69, 9.17) is 0 Å². The second kappa shape index (κ2) is 8.04. The van der Waals surface area contributed by atoms with Crippen molar-refractivity contribution in [2.75, 3.05) is 11.9 Å². The molecule has 2 aromatic heterocycles. The normalized spacial score (nSPS) is 10.9. The summed E-state index contributed by atoms with van der Waals surface area (Å²) in [5.74, 6) is -0.124. The molecule has 3 aromatic rings. The molecule has 0 saturated carbocycles. The second-order valence-corrected chi connectivity index (χ2v) is 6.51. The summed E-state index contributed by atoms with van der Waals surface area (Å²) in [7, 11) is 0. The zero-order valence-electron chi connectivity index (χ0n) is 14.0. The Balaban J connectivity index is 1.65. The topological polar surface area (TPSA) is 76.0 Å². The van der Waals surface area contributed by atoms with Gasteiger partial charge in [0.05, 0.1) is 11.7 Å². The Morgan fingerprint density at radius 2 is 2.12 bits per heavy atom. The van der Waals surface area contributed by atoms with Crippen LogP contribution in [0.4, 0.5) is 5.69 Å². The number of hydrogen-bond acceptors (Lipinski definition) is 5. The number of rotatable bonds is 7. The first kappa shape index (κ1) is 17.3. The number of nitrogens with zero attached hydrogens (tertiary/aromatic N) is 2. The average molecular weight is 356 g/mol. The fourth-order valence-electron chi connectivity index (χ4n) is 2.54. The molecular formula is C18H20N4O2S. The van der Waals surface area contributed by atoms with Crippen LogP contribution in [0.2, 0.25) is 0 Å². The SMILES string of the molecule is CCNCc1ccccc1NC(=O)CCn1cnc2sccc2c1=O. The lowest BCUT2D eigenvalue weighted by atomic mass is 10.1. The predicted molar refractivity (Wildman–Crippen MR) is 101 cm³/mol. The molecule has 0 fully saturated rings. The Morgan fingerprint density at radius 3 is 2.96 bits per heavy atom. The highest BCUT2D eigenvalue weighted by molar-refractivity contribution is 7.16. The van der Waals surface area contributed by atoms with Crippen molar-refractivity contribution in [3.05, 3.63) is 58.0 Å². The fraction of sp³-hybridized carbons (Fsp3) is 0.278. The number of carbonyl (C=O) groups excluding carboxylic acids is 1. The first-order valence-corrected chi connectivity index (χ1v) is 9.08. The quantitative estimate of drug-likeness (QED) is 0.682. The maximum atomic E-state index is 12.3. The summed E-state index contributed by atoms with van der Waals surface area (Å²) in [6, 6.07) is 9.48. The third-order valence-electron chi connectivity index (χ3n) is 3.89. The highest BCUT2D eigenvalue weighted by Crippen LogP contribution is 2.16. The molecule has 0 radical (unpaired) electrons. The molecular weight excluding hydrogens is 336 g/mol. The van der Waals surface area contributed by atoms with Crippen LogP contribution in [0, 0.1) is 0 Å². The highest BCUT2D eigenvalue weighted by atomic mass is 32.1. The lowest BCUT2D eigenvalue weighted by Crippen LogP contribution is -2.23. The van der Waals surface area contributed by atoms with Gasteiger partial charge < -0.3 is 10.6 Å². The zero-order valence-corrected chi connectivity index (χ0v) is 14.8. The van der Waals surface area contributed by atoms with E-state index in [1.165, 1.54) is 22.2 Å². The van der Waals surface area contributed by atoms with Crippen molar-refractivity contribution < 1.29 is 4.79 Å². The summed E-state index contributed by atoms with van der Waals surface area (Å²) in [4.78, 5) is 29.6. The van der Waals surface area contributed by atoms with Gasteiger partial charge in [0.25, 0.3) is 5.56 Å². The van der Waals surface area contributed by atoms with Crippen molar-refractivity contribution in [2.24, 2.45) is 0 Å². The number of fused-ring (bicyclic) bond motifs is 1. The van der Waals surface area contributed by atoms with Crippen LogP contribution < -0.4 is 16.2 Å². The van der Waals surface area contributed by atoms with Crippen LogP contribution in [0.25, 0.3) is 10.2 Å². The number of amides is 1. The van der Waals surface area contributed by atoms with E-state index < -0.39 is 0 Å². The van der Waals surface area contributed by atoms with Gasteiger partial charge in [-0.05, 0) is 29.6 Å². The molecule has 2 heterocycles. The van der Waals surface area contributed by atoms with E-state index in [1.54, 1.807) is 6.07 Å². The van der Waals surface area contributed by atoms with E-state index in [9.17, 15) is 9.59 Å². The van der Waals surface area contributed by atoms with E-state index >= 15 is 0 Å². The molecule has 1 aromatic carbocycles. The van der Waals surface area contributed by atoms with E-state index in [1.807, 2.05) is 36.6 Å². The molecule has 0 unspecified atom stereocenters. The number of anilines is 1. The summed E-state index contributed by atoms with van der Waals surface area (Å²) in [6.07, 6.45) is 1.72. The van der Waals surface area contributed by atoms with Gasteiger partial charge in [0.15, 0.2) is 0 Å². The zero-order chi connectivity index (χ0) is 17.6. The fourth-order valence-corrected chi connectivity index (χ4v) is 3.27. The van der Waals surface area contributed by atoms with Crippen molar-refractivity contribution in [2.45, 2.75) is 26.4 Å². The first-order chi connectivity index (χ1) is 12.2. The molecule has 1 amide bonds. The molecule has 25 heavy (non-hydrogen) atoms. The van der Waals surface area contributed by atoms with Gasteiger partial charge in [0.1, 0.15) is 4.83 Å². The van der Waals surface area contributed by atoms with Gasteiger partial charge in [-0.2, -0.15) is 0 Å². The summed E-state index contributed by atoms with van der Waals surface area (Å²) >= 11 is 1.43. The van der Waals surface area contributed by atoms with Crippen LogP contribution in [-0.4, -0.2) is 22.0 Å². The second-order valence-electron chi connectivity index (χ2n) is 5.62. The molecule has 0 aliphatic carbocycles. The molecule has 130 valence electrons. The Hall–Kier alpha value is -2.51. The molecule has 2 N–H and O–H groups in total. The van der Waals surface area contributed by atoms with Gasteiger partial charge in [0, 0.05) is 25.2 Å². The van der Waals surface area contributed by atoms with Crippen molar-refractivity contribution >= 4 is 33.1 Å². The van der Waals surface area contributed by atoms with Crippen LogP contribution in [0.5, 0.6) is 0 Å². The minimum Gasteiger partial charge on any atom is -0.326 e. The van der Waals surface area contributed by atoms with Crippen LogP contribution in [-0.2, 0) is 17.9 Å². The van der Waals surface area contributed by atoms with Crippen molar-refractivity contribution in [3.8, 4) is 0 Å². The lowest BCUT2D eigenvalue weighted by molar-refractivity contribution is -0.116. The third-order valence-corrected chi connectivity index (χ3v) is 4.71. The number of nitrogens with one attached hydrogen (secondary N) is 2. The molecule has 0 aliphatic rings. The van der Waals surface area contributed by atoms with E-state index in [-0.39, 0.29) is 17.9 Å². The van der Waals surface area contributed by atoms with Gasteiger partial charge in [-0.15, -0.1) is 11.3 Å². The van der Waals surface area contributed by atoms with E-state index in [0.29, 0.717) is 18.5 Å². The van der Waals surface area contributed by atoms with Crippen LogP contribution in [0.3, 0.4) is 0 Å². The number of para-hydroxylation sites is 1. The summed E-state index contributed by atoms with van der Waals surface area (Å²) in [5.41, 5.74) is 1.73. The lowest BCUT2D eigenvalue weighted by Gasteiger charge is -2.12. The smallest absolute Gasteiger partial charge is 0.262 e. The van der Waals surface area contributed by atoms with Crippen molar-refractivity contribution in [1.29, 1.82) is 0 Å². The molecule has 7 heteroatoms. The van der Waals surface area contributed by atoms with Gasteiger partial charge in [0.2, 0.25) is 5.91 Å². The standard InChI is InChI=1S/C18H20N4O2S/c1-2-19-11-13-5-3-4-6-15(13)21-16(23)7-9-22-12-20-17-14(18(22)24)8-10-25-17/h3-6,8,10,12,19H,2,7,9,11H2,1H3,(H,21,23). The minimum absolute atomic E-state index is 0.105. The summed E-state index contributed by atoms with van der Waals surface area (Å²) < 4.78 is 1.49. The number of hydrogen-bond donors (Lipinski definition) is 2. The first-order valence-electron chi connectivity index (χ1n) is 8.20. The number of benzene rings is 1. The van der Waals surface area contributed by atoms with Crippen molar-refractivity contribution in [3.63, 3.8) is 0 Å². The van der Waals surface area contributed by atoms with E-state index in [2.05, 4.69) is 15.6 Å². The molecule has 3 rings (SSSR count). The maximum Gasteiger partial charge on any atom is 0.262 e.